The zero-order chi connectivity index (χ0) is 17.7. The summed E-state index contributed by atoms with van der Waals surface area (Å²) in [6.07, 6.45) is 1.22. The van der Waals surface area contributed by atoms with Crippen molar-refractivity contribution in [3.63, 3.8) is 0 Å². The molecule has 0 aliphatic carbocycles. The molecule has 0 aromatic carbocycles. The molecular formula is C14H17N7O4. The number of aliphatic hydroxyl groups excluding tert-OH is 2. The van der Waals surface area contributed by atoms with Gasteiger partial charge in [-0.2, -0.15) is 0 Å². The maximum absolute atomic E-state index is 12.4. The summed E-state index contributed by atoms with van der Waals surface area (Å²) >= 11 is 0. The van der Waals surface area contributed by atoms with Crippen LogP contribution in [0.25, 0.3) is 22.7 Å². The van der Waals surface area contributed by atoms with Gasteiger partial charge >= 0.3 is 5.69 Å². The minimum Gasteiger partial charge on any atom is -0.394 e. The summed E-state index contributed by atoms with van der Waals surface area (Å²) in [5.41, 5.74) is 0.392. The fourth-order valence-corrected chi connectivity index (χ4v) is 3.20. The van der Waals surface area contributed by atoms with Gasteiger partial charge in [0.15, 0.2) is 17.0 Å². The first-order chi connectivity index (χ1) is 12.0. The van der Waals surface area contributed by atoms with Gasteiger partial charge in [0.05, 0.1) is 25.5 Å². The Bertz CT molecular complexity index is 1070. The van der Waals surface area contributed by atoms with E-state index in [4.69, 9.17) is 5.11 Å². The van der Waals surface area contributed by atoms with Crippen molar-refractivity contribution in [2.45, 2.75) is 32.2 Å². The first-order valence-corrected chi connectivity index (χ1v) is 7.90. The minimum atomic E-state index is -0.989. The van der Waals surface area contributed by atoms with E-state index in [1.54, 1.807) is 4.57 Å². The fourth-order valence-electron chi connectivity index (χ4n) is 3.20. The van der Waals surface area contributed by atoms with Gasteiger partial charge in [-0.3, -0.25) is 13.9 Å². The quantitative estimate of drug-likeness (QED) is 0.553. The van der Waals surface area contributed by atoms with Crippen molar-refractivity contribution in [1.29, 1.82) is 0 Å². The van der Waals surface area contributed by atoms with E-state index in [0.717, 1.165) is 11.0 Å². The fraction of sp³-hybridized carbons (Fsp3) is 0.500. The normalized spacial score (nSPS) is 15.0. The third-order valence-corrected chi connectivity index (χ3v) is 4.43. The molecule has 0 saturated carbocycles. The molecule has 25 heavy (non-hydrogen) atoms. The molecule has 0 bridgehead atoms. The predicted molar refractivity (Wildman–Crippen MR) is 86.0 cm³/mol. The molecule has 132 valence electrons. The van der Waals surface area contributed by atoms with Crippen molar-refractivity contribution in [3.05, 3.63) is 27.0 Å². The summed E-state index contributed by atoms with van der Waals surface area (Å²) in [4.78, 5) is 29.3. The smallest absolute Gasteiger partial charge is 0.332 e. The van der Waals surface area contributed by atoms with Crippen LogP contribution in [0.4, 0.5) is 0 Å². The third-order valence-electron chi connectivity index (χ3n) is 4.43. The van der Waals surface area contributed by atoms with E-state index < -0.39 is 18.3 Å². The molecule has 0 radical (unpaired) electrons. The van der Waals surface area contributed by atoms with Gasteiger partial charge in [-0.25, -0.2) is 14.5 Å². The summed E-state index contributed by atoms with van der Waals surface area (Å²) in [7, 11) is 1.43. The van der Waals surface area contributed by atoms with Gasteiger partial charge < -0.3 is 14.8 Å². The average molecular weight is 347 g/mol. The SMILES string of the molecule is Cn1c(=O)c2nc(-c3cnnn3CC(O)CO)n3c2n(c1=O)CCC3. The number of hydrogen-bond acceptors (Lipinski definition) is 7. The van der Waals surface area contributed by atoms with Crippen molar-refractivity contribution in [1.82, 2.24) is 33.7 Å². The average Bonchev–Trinajstić information content (AvgIpc) is 3.22. The number of hydrogen-bond donors (Lipinski definition) is 2. The number of aliphatic hydroxyl groups is 2. The molecule has 11 heteroatoms. The molecule has 0 spiro atoms. The maximum Gasteiger partial charge on any atom is 0.332 e. The van der Waals surface area contributed by atoms with Crippen LogP contribution in [0.5, 0.6) is 0 Å². The summed E-state index contributed by atoms with van der Waals surface area (Å²) in [6.45, 7) is 0.761. The molecule has 4 heterocycles. The van der Waals surface area contributed by atoms with Crippen molar-refractivity contribution in [3.8, 4) is 11.5 Å². The second kappa shape index (κ2) is 5.63. The van der Waals surface area contributed by atoms with Crippen molar-refractivity contribution in [2.75, 3.05) is 6.61 Å². The highest BCUT2D eigenvalue weighted by atomic mass is 16.3. The van der Waals surface area contributed by atoms with Crippen LogP contribution < -0.4 is 11.2 Å². The second-order valence-corrected chi connectivity index (χ2v) is 6.05. The van der Waals surface area contributed by atoms with Crippen LogP contribution in [0, 0.1) is 0 Å². The minimum absolute atomic E-state index is 0.0415. The molecule has 3 aromatic heterocycles. The molecule has 0 amide bonds. The third kappa shape index (κ3) is 2.23. The van der Waals surface area contributed by atoms with E-state index in [0.29, 0.717) is 30.3 Å². The molecular weight excluding hydrogens is 330 g/mol. The number of aromatic nitrogens is 7. The number of imidazole rings is 1. The van der Waals surface area contributed by atoms with E-state index in [1.807, 2.05) is 4.57 Å². The number of aryl methyl sites for hydroxylation is 2. The Morgan fingerprint density at radius 3 is 2.80 bits per heavy atom. The Labute approximate surface area is 140 Å². The molecule has 1 aliphatic heterocycles. The Morgan fingerprint density at radius 1 is 1.28 bits per heavy atom. The van der Waals surface area contributed by atoms with Crippen LogP contribution in [0.1, 0.15) is 6.42 Å². The number of rotatable bonds is 4. The van der Waals surface area contributed by atoms with Crippen molar-refractivity contribution >= 4 is 11.2 Å². The van der Waals surface area contributed by atoms with Crippen molar-refractivity contribution < 1.29 is 10.2 Å². The Hall–Kier alpha value is -2.79. The number of nitrogens with zero attached hydrogens (tertiary/aromatic N) is 7. The topological polar surface area (TPSA) is 133 Å². The van der Waals surface area contributed by atoms with Crippen molar-refractivity contribution in [2.24, 2.45) is 7.05 Å². The molecule has 1 unspecified atom stereocenters. The van der Waals surface area contributed by atoms with E-state index in [9.17, 15) is 14.7 Å². The summed E-state index contributed by atoms with van der Waals surface area (Å²) in [6, 6.07) is 0. The van der Waals surface area contributed by atoms with Crippen LogP contribution >= 0.6 is 0 Å². The van der Waals surface area contributed by atoms with Crippen LogP contribution in [0.3, 0.4) is 0 Å². The largest absolute Gasteiger partial charge is 0.394 e. The standard InChI is InChI=1S/C14H17N7O4/c1-18-13(24)10-12-19(3-2-4-20(12)14(18)25)11(16-10)9-5-15-17-21(9)6-8(23)7-22/h5,8,22-23H,2-4,6-7H2,1H3. The molecule has 3 aromatic rings. The van der Waals surface area contributed by atoms with Crippen LogP contribution in [0.15, 0.2) is 15.8 Å². The van der Waals surface area contributed by atoms with Gasteiger partial charge in [-0.1, -0.05) is 5.21 Å². The van der Waals surface area contributed by atoms with Gasteiger partial charge in [0, 0.05) is 20.1 Å². The molecule has 4 rings (SSSR count). The molecule has 0 saturated heterocycles. The van der Waals surface area contributed by atoms with E-state index in [2.05, 4.69) is 15.3 Å². The lowest BCUT2D eigenvalue weighted by molar-refractivity contribution is 0.0781. The lowest BCUT2D eigenvalue weighted by Crippen LogP contribution is -2.40. The van der Waals surface area contributed by atoms with Crippen LogP contribution in [0.2, 0.25) is 0 Å². The van der Waals surface area contributed by atoms with Crippen LogP contribution in [-0.2, 0) is 26.7 Å². The van der Waals surface area contributed by atoms with Gasteiger partial charge in [0.25, 0.3) is 5.56 Å². The monoisotopic (exact) mass is 347 g/mol. The second-order valence-electron chi connectivity index (χ2n) is 6.05. The molecule has 11 nitrogen and oxygen atoms in total. The molecule has 1 aliphatic rings. The lowest BCUT2D eigenvalue weighted by Gasteiger charge is -2.19. The van der Waals surface area contributed by atoms with Gasteiger partial charge in [-0.05, 0) is 6.42 Å². The summed E-state index contributed by atoms with van der Waals surface area (Å²) in [5.74, 6) is 0.460. The van der Waals surface area contributed by atoms with E-state index in [-0.39, 0.29) is 17.8 Å². The lowest BCUT2D eigenvalue weighted by atomic mass is 10.3. The molecule has 0 fully saturated rings. The molecule has 2 N–H and O–H groups in total. The Balaban J connectivity index is 1.99. The first kappa shape index (κ1) is 15.7. The molecule has 1 atom stereocenters. The highest BCUT2D eigenvalue weighted by Crippen LogP contribution is 2.25. The van der Waals surface area contributed by atoms with Gasteiger partial charge in [0.2, 0.25) is 0 Å². The Kier molecular flexibility index (Phi) is 3.54. The van der Waals surface area contributed by atoms with Crippen LogP contribution in [-0.4, -0.2) is 56.6 Å². The van der Waals surface area contributed by atoms with Gasteiger partial charge in [0.1, 0.15) is 5.69 Å². The van der Waals surface area contributed by atoms with E-state index in [1.165, 1.54) is 17.9 Å². The van der Waals surface area contributed by atoms with Gasteiger partial charge in [-0.15, -0.1) is 5.10 Å². The van der Waals surface area contributed by atoms with E-state index >= 15 is 0 Å². The zero-order valence-electron chi connectivity index (χ0n) is 13.5. The Morgan fingerprint density at radius 2 is 2.04 bits per heavy atom. The predicted octanol–water partition coefficient (Wildman–Crippen LogP) is -2.09. The zero-order valence-corrected chi connectivity index (χ0v) is 13.5. The maximum atomic E-state index is 12.4. The first-order valence-electron chi connectivity index (χ1n) is 7.90. The summed E-state index contributed by atoms with van der Waals surface area (Å²) in [5, 5.41) is 26.5. The highest BCUT2D eigenvalue weighted by molar-refractivity contribution is 5.76. The summed E-state index contributed by atoms with van der Waals surface area (Å²) < 4.78 is 5.84. The highest BCUT2D eigenvalue weighted by Gasteiger charge is 2.25.